The molecule has 1 amide bonds. The maximum atomic E-state index is 12.2. The first-order valence-corrected chi connectivity index (χ1v) is 9.44. The van der Waals surface area contributed by atoms with Gasteiger partial charge in [0.05, 0.1) is 19.8 Å². The number of halogens is 1. The van der Waals surface area contributed by atoms with E-state index in [9.17, 15) is 4.79 Å². The Balaban J connectivity index is 0.00000338. The SMILES string of the molecule is CCCOc1ccc(C(C)NC(=O)CCC2CCNCC2)cc1OC.Cl. The van der Waals surface area contributed by atoms with E-state index in [2.05, 4.69) is 17.6 Å². The molecule has 2 rings (SSSR count). The molecule has 0 bridgehead atoms. The fourth-order valence-electron chi connectivity index (χ4n) is 3.19. The molecule has 1 aromatic carbocycles. The summed E-state index contributed by atoms with van der Waals surface area (Å²) < 4.78 is 11.1. The van der Waals surface area contributed by atoms with Crippen LogP contribution in [0, 0.1) is 5.92 Å². The van der Waals surface area contributed by atoms with Gasteiger partial charge in [-0.05, 0) is 69.3 Å². The average Bonchev–Trinajstić information content (AvgIpc) is 2.65. The highest BCUT2D eigenvalue weighted by atomic mass is 35.5. The summed E-state index contributed by atoms with van der Waals surface area (Å²) in [4.78, 5) is 12.2. The van der Waals surface area contributed by atoms with Gasteiger partial charge >= 0.3 is 0 Å². The summed E-state index contributed by atoms with van der Waals surface area (Å²) >= 11 is 0. The zero-order valence-electron chi connectivity index (χ0n) is 16.2. The lowest BCUT2D eigenvalue weighted by molar-refractivity contribution is -0.122. The smallest absolute Gasteiger partial charge is 0.220 e. The van der Waals surface area contributed by atoms with Gasteiger partial charge in [-0.25, -0.2) is 0 Å². The topological polar surface area (TPSA) is 59.6 Å². The van der Waals surface area contributed by atoms with Gasteiger partial charge in [-0.2, -0.15) is 0 Å². The number of carbonyl (C=O) groups excluding carboxylic acids is 1. The third-order valence-electron chi connectivity index (χ3n) is 4.77. The molecule has 1 fully saturated rings. The molecule has 6 heteroatoms. The van der Waals surface area contributed by atoms with Crippen LogP contribution in [-0.4, -0.2) is 32.7 Å². The lowest BCUT2D eigenvalue weighted by atomic mass is 9.93. The van der Waals surface area contributed by atoms with E-state index in [1.54, 1.807) is 7.11 Å². The van der Waals surface area contributed by atoms with E-state index in [4.69, 9.17) is 9.47 Å². The summed E-state index contributed by atoms with van der Waals surface area (Å²) in [5.41, 5.74) is 1.02. The highest BCUT2D eigenvalue weighted by Gasteiger charge is 2.16. The molecule has 1 unspecified atom stereocenters. The van der Waals surface area contributed by atoms with Gasteiger partial charge in [0.15, 0.2) is 11.5 Å². The van der Waals surface area contributed by atoms with Crippen molar-refractivity contribution in [3.05, 3.63) is 23.8 Å². The zero-order valence-corrected chi connectivity index (χ0v) is 17.0. The van der Waals surface area contributed by atoms with Crippen molar-refractivity contribution in [3.63, 3.8) is 0 Å². The predicted molar refractivity (Wildman–Crippen MR) is 107 cm³/mol. The number of amides is 1. The summed E-state index contributed by atoms with van der Waals surface area (Å²) in [6, 6.07) is 5.81. The molecule has 0 aromatic heterocycles. The van der Waals surface area contributed by atoms with Crippen molar-refractivity contribution in [1.29, 1.82) is 0 Å². The minimum absolute atomic E-state index is 0. The van der Waals surface area contributed by atoms with Gasteiger partial charge in [-0.3, -0.25) is 4.79 Å². The summed E-state index contributed by atoms with van der Waals surface area (Å²) in [5.74, 6) is 2.26. The van der Waals surface area contributed by atoms with Gasteiger partial charge in [0, 0.05) is 6.42 Å². The van der Waals surface area contributed by atoms with Crippen molar-refractivity contribution in [3.8, 4) is 11.5 Å². The minimum atomic E-state index is -0.0466. The third-order valence-corrected chi connectivity index (χ3v) is 4.77. The van der Waals surface area contributed by atoms with Gasteiger partial charge in [-0.1, -0.05) is 13.0 Å². The van der Waals surface area contributed by atoms with Gasteiger partial charge in [0.2, 0.25) is 5.91 Å². The molecule has 1 aromatic rings. The molecule has 0 aliphatic carbocycles. The van der Waals surface area contributed by atoms with Crippen LogP contribution in [0.1, 0.15) is 57.6 Å². The van der Waals surface area contributed by atoms with Crippen molar-refractivity contribution in [2.24, 2.45) is 5.92 Å². The van der Waals surface area contributed by atoms with Crippen LogP contribution in [0.15, 0.2) is 18.2 Å². The van der Waals surface area contributed by atoms with Crippen LogP contribution in [0.2, 0.25) is 0 Å². The van der Waals surface area contributed by atoms with Crippen LogP contribution in [0.5, 0.6) is 11.5 Å². The standard InChI is InChI=1S/C20H32N2O3.ClH/c1-4-13-25-18-7-6-17(14-19(18)24-3)15(2)22-20(23)8-5-16-9-11-21-12-10-16;/h6-7,14-16,21H,4-5,8-13H2,1-3H3,(H,22,23);1H. The van der Waals surface area contributed by atoms with Gasteiger partial charge in [-0.15, -0.1) is 12.4 Å². The highest BCUT2D eigenvalue weighted by molar-refractivity contribution is 5.85. The minimum Gasteiger partial charge on any atom is -0.493 e. The van der Waals surface area contributed by atoms with Crippen LogP contribution in [0.25, 0.3) is 0 Å². The first-order chi connectivity index (χ1) is 12.1. The molecule has 1 aliphatic heterocycles. The Kier molecular flexibility index (Phi) is 10.4. The Bertz CT molecular complexity index is 548. The molecule has 0 saturated carbocycles. The summed E-state index contributed by atoms with van der Waals surface area (Å²) in [5, 5.41) is 6.46. The second-order valence-corrected chi connectivity index (χ2v) is 6.78. The third kappa shape index (κ3) is 7.04. The monoisotopic (exact) mass is 384 g/mol. The van der Waals surface area contributed by atoms with E-state index >= 15 is 0 Å². The second-order valence-electron chi connectivity index (χ2n) is 6.78. The van der Waals surface area contributed by atoms with Crippen LogP contribution >= 0.6 is 12.4 Å². The van der Waals surface area contributed by atoms with E-state index in [-0.39, 0.29) is 24.4 Å². The number of hydrogen-bond donors (Lipinski definition) is 2. The first kappa shape index (κ1) is 22.6. The summed E-state index contributed by atoms with van der Waals surface area (Å²) in [7, 11) is 1.64. The van der Waals surface area contributed by atoms with E-state index in [1.807, 2.05) is 25.1 Å². The molecule has 1 heterocycles. The van der Waals surface area contributed by atoms with Gasteiger partial charge < -0.3 is 20.1 Å². The molecule has 5 nitrogen and oxygen atoms in total. The molecule has 0 radical (unpaired) electrons. The zero-order chi connectivity index (χ0) is 18.1. The van der Waals surface area contributed by atoms with Crippen LogP contribution in [-0.2, 0) is 4.79 Å². The Morgan fingerprint density at radius 3 is 2.69 bits per heavy atom. The second kappa shape index (κ2) is 12.0. The molecule has 1 atom stereocenters. The maximum Gasteiger partial charge on any atom is 0.220 e. The predicted octanol–water partition coefficient (Wildman–Crippen LogP) is 3.86. The van der Waals surface area contributed by atoms with Crippen LogP contribution < -0.4 is 20.1 Å². The molecule has 1 aliphatic rings. The van der Waals surface area contributed by atoms with E-state index < -0.39 is 0 Å². The number of benzene rings is 1. The number of nitrogens with one attached hydrogen (secondary N) is 2. The average molecular weight is 385 g/mol. The number of piperidine rings is 1. The number of methoxy groups -OCH3 is 1. The molecule has 148 valence electrons. The van der Waals surface area contributed by atoms with Gasteiger partial charge in [0.1, 0.15) is 0 Å². The molecule has 2 N–H and O–H groups in total. The molecule has 26 heavy (non-hydrogen) atoms. The van der Waals surface area contributed by atoms with Gasteiger partial charge in [0.25, 0.3) is 0 Å². The summed E-state index contributed by atoms with van der Waals surface area (Å²) in [6.07, 6.45) is 4.89. The fourth-order valence-corrected chi connectivity index (χ4v) is 3.19. The lowest BCUT2D eigenvalue weighted by Gasteiger charge is -2.22. The summed E-state index contributed by atoms with van der Waals surface area (Å²) in [6.45, 7) is 6.90. The van der Waals surface area contributed by atoms with Crippen LogP contribution in [0.4, 0.5) is 0 Å². The normalized spacial score (nSPS) is 15.7. The number of ether oxygens (including phenoxy) is 2. The Labute approximate surface area is 163 Å². The van der Waals surface area contributed by atoms with E-state index in [1.165, 1.54) is 12.8 Å². The van der Waals surface area contributed by atoms with Crippen molar-refractivity contribution >= 4 is 18.3 Å². The first-order valence-electron chi connectivity index (χ1n) is 9.44. The molecular weight excluding hydrogens is 352 g/mol. The number of carbonyl (C=O) groups is 1. The molecule has 0 spiro atoms. The van der Waals surface area contributed by atoms with E-state index in [0.717, 1.165) is 37.2 Å². The Hall–Kier alpha value is -1.46. The van der Waals surface area contributed by atoms with Crippen molar-refractivity contribution < 1.29 is 14.3 Å². The number of hydrogen-bond acceptors (Lipinski definition) is 4. The lowest BCUT2D eigenvalue weighted by Crippen LogP contribution is -2.30. The Morgan fingerprint density at radius 2 is 2.04 bits per heavy atom. The van der Waals surface area contributed by atoms with Crippen molar-refractivity contribution in [2.75, 3.05) is 26.8 Å². The maximum absolute atomic E-state index is 12.2. The van der Waals surface area contributed by atoms with Crippen molar-refractivity contribution in [1.82, 2.24) is 10.6 Å². The molecule has 1 saturated heterocycles. The van der Waals surface area contributed by atoms with Crippen LogP contribution in [0.3, 0.4) is 0 Å². The Morgan fingerprint density at radius 1 is 1.31 bits per heavy atom. The fraction of sp³-hybridized carbons (Fsp3) is 0.650. The van der Waals surface area contributed by atoms with E-state index in [0.29, 0.717) is 24.7 Å². The molecular formula is C20H33ClN2O3. The largest absolute Gasteiger partial charge is 0.493 e. The van der Waals surface area contributed by atoms with Crippen molar-refractivity contribution in [2.45, 2.75) is 52.0 Å². The quantitative estimate of drug-likeness (QED) is 0.678. The highest BCUT2D eigenvalue weighted by Crippen LogP contribution is 2.30. The number of rotatable bonds is 9.